The van der Waals surface area contributed by atoms with Gasteiger partial charge in [0.1, 0.15) is 0 Å². The molecule has 1 atom stereocenters. The molecule has 3 aromatic rings. The molecule has 4 nitrogen and oxygen atoms in total. The molecule has 0 radical (unpaired) electrons. The highest BCUT2D eigenvalue weighted by Gasteiger charge is 2.18. The fourth-order valence-electron chi connectivity index (χ4n) is 4.54. The van der Waals surface area contributed by atoms with E-state index in [1.165, 1.54) is 0 Å². The SMILES string of the molecule is Cc1ccc(NC2CCNCC2)cc1C(=O)NC(C)c1ccc(C#CC(C)C)c2ccccc12. The molecular formula is C30H35N3O. The molecule has 0 spiro atoms. The van der Waals surface area contributed by atoms with Crippen LogP contribution in [0.2, 0.25) is 0 Å². The minimum atomic E-state index is -0.134. The van der Waals surface area contributed by atoms with Gasteiger partial charge in [0, 0.05) is 28.8 Å². The second kappa shape index (κ2) is 10.8. The Morgan fingerprint density at radius 2 is 1.74 bits per heavy atom. The summed E-state index contributed by atoms with van der Waals surface area (Å²) in [5.74, 6) is 6.86. The molecule has 3 aromatic carbocycles. The van der Waals surface area contributed by atoms with E-state index in [0.717, 1.165) is 64.6 Å². The molecule has 0 aliphatic carbocycles. The average molecular weight is 454 g/mol. The maximum Gasteiger partial charge on any atom is 0.252 e. The van der Waals surface area contributed by atoms with Gasteiger partial charge in [0.25, 0.3) is 5.91 Å². The number of aryl methyl sites for hydroxylation is 1. The Balaban J connectivity index is 1.56. The van der Waals surface area contributed by atoms with Crippen LogP contribution < -0.4 is 16.0 Å². The highest BCUT2D eigenvalue weighted by molar-refractivity contribution is 5.97. The summed E-state index contributed by atoms with van der Waals surface area (Å²) in [6, 6.07) is 18.9. The van der Waals surface area contributed by atoms with Crippen LogP contribution in [0.3, 0.4) is 0 Å². The molecule has 34 heavy (non-hydrogen) atoms. The monoisotopic (exact) mass is 453 g/mol. The maximum atomic E-state index is 13.3. The maximum absolute atomic E-state index is 13.3. The molecule has 1 fully saturated rings. The van der Waals surface area contributed by atoms with Crippen molar-refractivity contribution in [2.45, 2.75) is 52.6 Å². The number of benzene rings is 3. The van der Waals surface area contributed by atoms with E-state index in [0.29, 0.717) is 12.0 Å². The lowest BCUT2D eigenvalue weighted by Crippen LogP contribution is -2.35. The molecule has 176 valence electrons. The molecule has 1 aliphatic heterocycles. The molecule has 0 bridgehead atoms. The van der Waals surface area contributed by atoms with Crippen LogP contribution in [-0.2, 0) is 0 Å². The molecule has 0 saturated carbocycles. The van der Waals surface area contributed by atoms with Crippen molar-refractivity contribution in [1.29, 1.82) is 0 Å². The van der Waals surface area contributed by atoms with E-state index in [1.807, 2.05) is 38.1 Å². The van der Waals surface area contributed by atoms with Crippen molar-refractivity contribution in [3.8, 4) is 11.8 Å². The van der Waals surface area contributed by atoms with E-state index in [9.17, 15) is 4.79 Å². The van der Waals surface area contributed by atoms with Crippen LogP contribution in [0.15, 0.2) is 54.6 Å². The average Bonchev–Trinajstić information content (AvgIpc) is 2.84. The van der Waals surface area contributed by atoms with Crippen molar-refractivity contribution in [3.05, 3.63) is 76.9 Å². The molecule has 4 heteroatoms. The predicted molar refractivity (Wildman–Crippen MR) is 142 cm³/mol. The Bertz CT molecular complexity index is 1230. The van der Waals surface area contributed by atoms with Crippen LogP contribution in [-0.4, -0.2) is 25.0 Å². The summed E-state index contributed by atoms with van der Waals surface area (Å²) in [5.41, 5.74) is 4.83. The minimum absolute atomic E-state index is 0.0493. The van der Waals surface area contributed by atoms with E-state index in [1.54, 1.807) is 0 Å². The number of hydrogen-bond donors (Lipinski definition) is 3. The number of anilines is 1. The summed E-state index contributed by atoms with van der Waals surface area (Å²) in [4.78, 5) is 13.3. The summed E-state index contributed by atoms with van der Waals surface area (Å²) < 4.78 is 0. The second-order valence-electron chi connectivity index (χ2n) is 9.57. The molecule has 0 aromatic heterocycles. The Kier molecular flexibility index (Phi) is 7.55. The van der Waals surface area contributed by atoms with E-state index in [-0.39, 0.29) is 11.9 Å². The number of fused-ring (bicyclic) bond motifs is 1. The first-order chi connectivity index (χ1) is 16.4. The molecule has 3 N–H and O–H groups in total. The number of carbonyl (C=O) groups excluding carboxylic acids is 1. The lowest BCUT2D eigenvalue weighted by molar-refractivity contribution is 0.0939. The van der Waals surface area contributed by atoms with Crippen LogP contribution >= 0.6 is 0 Å². The van der Waals surface area contributed by atoms with E-state index < -0.39 is 0 Å². The zero-order valence-corrected chi connectivity index (χ0v) is 20.7. The van der Waals surface area contributed by atoms with Gasteiger partial charge in [-0.25, -0.2) is 0 Å². The van der Waals surface area contributed by atoms with Crippen molar-refractivity contribution in [2.75, 3.05) is 18.4 Å². The van der Waals surface area contributed by atoms with Crippen LogP contribution in [0.4, 0.5) is 5.69 Å². The lowest BCUT2D eigenvalue weighted by Gasteiger charge is -2.25. The molecular weight excluding hydrogens is 418 g/mol. The van der Waals surface area contributed by atoms with Gasteiger partial charge in [-0.15, -0.1) is 0 Å². The highest BCUT2D eigenvalue weighted by atomic mass is 16.1. The molecule has 1 saturated heterocycles. The highest BCUT2D eigenvalue weighted by Crippen LogP contribution is 2.28. The first kappa shape index (κ1) is 23.9. The van der Waals surface area contributed by atoms with Gasteiger partial charge in [-0.3, -0.25) is 4.79 Å². The van der Waals surface area contributed by atoms with Crippen LogP contribution in [0.1, 0.15) is 66.7 Å². The third-order valence-electron chi connectivity index (χ3n) is 6.46. The van der Waals surface area contributed by atoms with Gasteiger partial charge in [0.15, 0.2) is 0 Å². The van der Waals surface area contributed by atoms with Crippen molar-refractivity contribution in [3.63, 3.8) is 0 Å². The van der Waals surface area contributed by atoms with Gasteiger partial charge in [-0.2, -0.15) is 0 Å². The Morgan fingerprint density at radius 3 is 2.47 bits per heavy atom. The number of rotatable bonds is 5. The largest absolute Gasteiger partial charge is 0.382 e. The number of hydrogen-bond acceptors (Lipinski definition) is 3. The zero-order valence-electron chi connectivity index (χ0n) is 20.7. The van der Waals surface area contributed by atoms with Crippen molar-refractivity contribution in [2.24, 2.45) is 5.92 Å². The second-order valence-corrected chi connectivity index (χ2v) is 9.57. The molecule has 1 amide bonds. The van der Waals surface area contributed by atoms with Gasteiger partial charge in [-0.05, 0) is 79.9 Å². The van der Waals surface area contributed by atoms with Crippen LogP contribution in [0, 0.1) is 24.7 Å². The third kappa shape index (κ3) is 5.61. The number of nitrogens with one attached hydrogen (secondary N) is 3. The summed E-state index contributed by atoms with van der Waals surface area (Å²) in [6.07, 6.45) is 2.19. The number of piperidine rings is 1. The van der Waals surface area contributed by atoms with Crippen molar-refractivity contribution >= 4 is 22.4 Å². The Labute approximate surface area is 203 Å². The summed E-state index contributed by atoms with van der Waals surface area (Å²) in [6.45, 7) is 10.3. The predicted octanol–water partition coefficient (Wildman–Crippen LogP) is 5.81. The zero-order chi connectivity index (χ0) is 24.1. The van der Waals surface area contributed by atoms with Crippen LogP contribution in [0.25, 0.3) is 10.8 Å². The summed E-state index contributed by atoms with van der Waals surface area (Å²) in [7, 11) is 0. The van der Waals surface area contributed by atoms with E-state index >= 15 is 0 Å². The fourth-order valence-corrected chi connectivity index (χ4v) is 4.54. The first-order valence-corrected chi connectivity index (χ1v) is 12.3. The summed E-state index contributed by atoms with van der Waals surface area (Å²) in [5, 5.41) is 12.5. The molecule has 1 heterocycles. The van der Waals surface area contributed by atoms with Gasteiger partial charge >= 0.3 is 0 Å². The first-order valence-electron chi connectivity index (χ1n) is 12.3. The van der Waals surface area contributed by atoms with Gasteiger partial charge in [-0.1, -0.05) is 62.1 Å². The van der Waals surface area contributed by atoms with E-state index in [2.05, 4.69) is 72.0 Å². The number of carbonyl (C=O) groups is 1. The Morgan fingerprint density at radius 1 is 1.00 bits per heavy atom. The van der Waals surface area contributed by atoms with Gasteiger partial charge < -0.3 is 16.0 Å². The summed E-state index contributed by atoms with van der Waals surface area (Å²) >= 11 is 0. The minimum Gasteiger partial charge on any atom is -0.382 e. The quantitative estimate of drug-likeness (QED) is 0.427. The smallest absolute Gasteiger partial charge is 0.252 e. The molecule has 1 aliphatic rings. The number of amides is 1. The Hall–Kier alpha value is -3.29. The molecule has 4 rings (SSSR count). The standard InChI is InChI=1S/C30H35N3O/c1-20(2)9-11-23-12-14-26(28-8-6-5-7-27(23)28)22(4)32-30(34)29-19-25(13-10-21(29)3)33-24-15-17-31-18-16-24/h5-8,10,12-14,19-20,22,24,31,33H,15-18H2,1-4H3,(H,32,34). The fraction of sp³-hybridized carbons (Fsp3) is 0.367. The molecule has 1 unspecified atom stereocenters. The van der Waals surface area contributed by atoms with Gasteiger partial charge in [0.05, 0.1) is 6.04 Å². The lowest BCUT2D eigenvalue weighted by atomic mass is 9.95. The van der Waals surface area contributed by atoms with Crippen LogP contribution in [0.5, 0.6) is 0 Å². The van der Waals surface area contributed by atoms with Crippen molar-refractivity contribution < 1.29 is 4.79 Å². The third-order valence-corrected chi connectivity index (χ3v) is 6.46. The van der Waals surface area contributed by atoms with Crippen molar-refractivity contribution in [1.82, 2.24) is 10.6 Å². The normalized spacial score (nSPS) is 15.0. The van der Waals surface area contributed by atoms with Gasteiger partial charge in [0.2, 0.25) is 0 Å². The topological polar surface area (TPSA) is 53.2 Å². The van der Waals surface area contributed by atoms with E-state index in [4.69, 9.17) is 0 Å².